The smallest absolute Gasteiger partial charge is 0.237 e. The molecule has 1 fully saturated rings. The van der Waals surface area contributed by atoms with E-state index in [1.54, 1.807) is 7.11 Å². The van der Waals surface area contributed by atoms with Crippen molar-refractivity contribution in [3.05, 3.63) is 0 Å². The Morgan fingerprint density at radius 2 is 2.20 bits per heavy atom. The Labute approximate surface area is 123 Å². The average molecular weight is 285 g/mol. The Morgan fingerprint density at radius 3 is 2.65 bits per heavy atom. The number of nitrogens with two attached hydrogens (primary N) is 1. The zero-order valence-corrected chi connectivity index (χ0v) is 13.4. The van der Waals surface area contributed by atoms with E-state index in [1.807, 2.05) is 6.92 Å². The van der Waals surface area contributed by atoms with Gasteiger partial charge in [-0.05, 0) is 46.1 Å². The fourth-order valence-corrected chi connectivity index (χ4v) is 2.73. The minimum atomic E-state index is -0.629. The summed E-state index contributed by atoms with van der Waals surface area (Å²) in [4.78, 5) is 14.3. The molecule has 20 heavy (non-hydrogen) atoms. The number of nitrogens with one attached hydrogen (secondary N) is 1. The second kappa shape index (κ2) is 7.96. The molecule has 0 aromatic heterocycles. The van der Waals surface area contributed by atoms with Crippen LogP contribution in [0.15, 0.2) is 0 Å². The fourth-order valence-electron chi connectivity index (χ4n) is 2.73. The first kappa shape index (κ1) is 17.4. The van der Waals surface area contributed by atoms with E-state index in [0.29, 0.717) is 12.1 Å². The van der Waals surface area contributed by atoms with Crippen molar-refractivity contribution < 1.29 is 9.53 Å². The number of carbonyl (C=O) groups excluding carboxylic acids is 1. The van der Waals surface area contributed by atoms with Gasteiger partial charge in [-0.1, -0.05) is 6.92 Å². The lowest BCUT2D eigenvalue weighted by molar-refractivity contribution is -0.124. The van der Waals surface area contributed by atoms with E-state index >= 15 is 0 Å². The molecule has 0 aliphatic heterocycles. The summed E-state index contributed by atoms with van der Waals surface area (Å²) in [7, 11) is 1.73. The Hall–Kier alpha value is -0.650. The van der Waals surface area contributed by atoms with Gasteiger partial charge in [0.25, 0.3) is 0 Å². The molecule has 1 aliphatic carbocycles. The molecule has 5 heteroatoms. The highest BCUT2D eigenvalue weighted by Gasteiger charge is 2.37. The number of amides is 1. The van der Waals surface area contributed by atoms with Gasteiger partial charge >= 0.3 is 0 Å². The van der Waals surface area contributed by atoms with E-state index in [9.17, 15) is 4.79 Å². The van der Waals surface area contributed by atoms with Gasteiger partial charge in [0.2, 0.25) is 5.91 Å². The van der Waals surface area contributed by atoms with Gasteiger partial charge in [0.15, 0.2) is 0 Å². The lowest BCUT2D eigenvalue weighted by Gasteiger charge is -2.36. The predicted molar refractivity (Wildman–Crippen MR) is 81.6 cm³/mol. The number of hydrogen-bond acceptors (Lipinski definition) is 4. The van der Waals surface area contributed by atoms with E-state index in [0.717, 1.165) is 32.5 Å². The van der Waals surface area contributed by atoms with E-state index in [2.05, 4.69) is 24.1 Å². The molecule has 0 spiro atoms. The number of carbonyl (C=O) groups is 1. The maximum atomic E-state index is 11.8. The second-order valence-corrected chi connectivity index (χ2v) is 6.14. The van der Waals surface area contributed by atoms with E-state index < -0.39 is 5.54 Å². The third-order valence-electron chi connectivity index (χ3n) is 4.15. The first-order chi connectivity index (χ1) is 9.44. The molecule has 0 heterocycles. The first-order valence-corrected chi connectivity index (χ1v) is 7.74. The minimum absolute atomic E-state index is 0.264. The van der Waals surface area contributed by atoms with Crippen LogP contribution >= 0.6 is 0 Å². The monoisotopic (exact) mass is 285 g/mol. The highest BCUT2D eigenvalue weighted by molar-refractivity contribution is 5.84. The van der Waals surface area contributed by atoms with Crippen LogP contribution in [0.3, 0.4) is 0 Å². The van der Waals surface area contributed by atoms with Crippen LogP contribution in [0.4, 0.5) is 0 Å². The Kier molecular flexibility index (Phi) is 6.92. The van der Waals surface area contributed by atoms with Crippen molar-refractivity contribution in [3.63, 3.8) is 0 Å². The van der Waals surface area contributed by atoms with E-state index in [-0.39, 0.29) is 5.91 Å². The summed E-state index contributed by atoms with van der Waals surface area (Å²) >= 11 is 0. The largest absolute Gasteiger partial charge is 0.383 e. The van der Waals surface area contributed by atoms with Gasteiger partial charge in [0.05, 0.1) is 12.1 Å². The standard InChI is InChI=1S/C15H31N3O2/c1-5-8-17-15(3,14(16)19)11-12(2)18(9-10-20-4)13-6-7-13/h12-13,17H,5-11H2,1-4H3,(H2,16,19). The summed E-state index contributed by atoms with van der Waals surface area (Å²) in [5.74, 6) is -0.264. The lowest BCUT2D eigenvalue weighted by Crippen LogP contribution is -2.57. The van der Waals surface area contributed by atoms with Gasteiger partial charge in [0, 0.05) is 25.7 Å². The molecule has 5 nitrogen and oxygen atoms in total. The van der Waals surface area contributed by atoms with Gasteiger partial charge in [-0.15, -0.1) is 0 Å². The predicted octanol–water partition coefficient (Wildman–Crippen LogP) is 1.12. The van der Waals surface area contributed by atoms with Gasteiger partial charge in [-0.3, -0.25) is 9.69 Å². The van der Waals surface area contributed by atoms with Crippen LogP contribution in [0.1, 0.15) is 46.5 Å². The van der Waals surface area contributed by atoms with E-state index in [1.165, 1.54) is 12.8 Å². The van der Waals surface area contributed by atoms with Crippen molar-refractivity contribution in [1.82, 2.24) is 10.2 Å². The number of primary amides is 1. The molecule has 0 bridgehead atoms. The molecular weight excluding hydrogens is 254 g/mol. The Balaban J connectivity index is 2.62. The van der Waals surface area contributed by atoms with Crippen LogP contribution in [0.5, 0.6) is 0 Å². The number of methoxy groups -OCH3 is 1. The number of hydrogen-bond donors (Lipinski definition) is 2. The van der Waals surface area contributed by atoms with Gasteiger partial charge in [-0.25, -0.2) is 0 Å². The van der Waals surface area contributed by atoms with Gasteiger partial charge < -0.3 is 15.8 Å². The summed E-state index contributed by atoms with van der Waals surface area (Å²) in [5, 5.41) is 3.31. The molecule has 0 aromatic rings. The molecule has 2 atom stereocenters. The second-order valence-electron chi connectivity index (χ2n) is 6.14. The molecule has 0 saturated heterocycles. The summed E-state index contributed by atoms with van der Waals surface area (Å²) < 4.78 is 5.19. The number of rotatable bonds is 11. The molecular formula is C15H31N3O2. The zero-order valence-electron chi connectivity index (χ0n) is 13.4. The molecule has 118 valence electrons. The fraction of sp³-hybridized carbons (Fsp3) is 0.933. The Bertz CT molecular complexity index is 307. The van der Waals surface area contributed by atoms with Crippen molar-refractivity contribution >= 4 is 5.91 Å². The maximum absolute atomic E-state index is 11.8. The Morgan fingerprint density at radius 1 is 1.55 bits per heavy atom. The molecule has 1 amide bonds. The average Bonchev–Trinajstić information content (AvgIpc) is 3.21. The SMILES string of the molecule is CCCNC(C)(CC(C)N(CCOC)C1CC1)C(N)=O. The summed E-state index contributed by atoms with van der Waals surface area (Å²) in [6.45, 7) is 8.66. The highest BCUT2D eigenvalue weighted by Crippen LogP contribution is 2.30. The highest BCUT2D eigenvalue weighted by atomic mass is 16.5. The van der Waals surface area contributed by atoms with Gasteiger partial charge in [0.1, 0.15) is 0 Å². The summed E-state index contributed by atoms with van der Waals surface area (Å²) in [5.41, 5.74) is 4.98. The topological polar surface area (TPSA) is 67.6 Å². The molecule has 0 aromatic carbocycles. The molecule has 3 N–H and O–H groups in total. The van der Waals surface area contributed by atoms with Crippen molar-refractivity contribution in [2.75, 3.05) is 26.8 Å². The molecule has 1 rings (SSSR count). The van der Waals surface area contributed by atoms with Crippen LogP contribution < -0.4 is 11.1 Å². The number of nitrogens with zero attached hydrogens (tertiary/aromatic N) is 1. The zero-order chi connectivity index (χ0) is 15.2. The number of ether oxygens (including phenoxy) is 1. The first-order valence-electron chi connectivity index (χ1n) is 7.74. The van der Waals surface area contributed by atoms with Gasteiger partial charge in [-0.2, -0.15) is 0 Å². The van der Waals surface area contributed by atoms with Crippen molar-refractivity contribution in [3.8, 4) is 0 Å². The summed E-state index contributed by atoms with van der Waals surface area (Å²) in [6.07, 6.45) is 4.24. The van der Waals surface area contributed by atoms with Crippen LogP contribution in [-0.2, 0) is 9.53 Å². The van der Waals surface area contributed by atoms with Crippen molar-refractivity contribution in [2.24, 2.45) is 5.73 Å². The van der Waals surface area contributed by atoms with Crippen molar-refractivity contribution in [1.29, 1.82) is 0 Å². The maximum Gasteiger partial charge on any atom is 0.237 e. The molecule has 2 unspecified atom stereocenters. The minimum Gasteiger partial charge on any atom is -0.383 e. The normalized spacial score (nSPS) is 19.9. The third kappa shape index (κ3) is 5.04. The van der Waals surface area contributed by atoms with Crippen LogP contribution in [-0.4, -0.2) is 55.2 Å². The molecule has 1 aliphatic rings. The molecule has 1 saturated carbocycles. The van der Waals surface area contributed by atoms with Crippen LogP contribution in [0, 0.1) is 0 Å². The van der Waals surface area contributed by atoms with Crippen molar-refractivity contribution in [2.45, 2.75) is 64.1 Å². The third-order valence-corrected chi connectivity index (χ3v) is 4.15. The molecule has 0 radical (unpaired) electrons. The van der Waals surface area contributed by atoms with Crippen LogP contribution in [0.2, 0.25) is 0 Å². The van der Waals surface area contributed by atoms with Crippen LogP contribution in [0.25, 0.3) is 0 Å². The summed E-state index contributed by atoms with van der Waals surface area (Å²) in [6, 6.07) is 0.975. The lowest BCUT2D eigenvalue weighted by atomic mass is 9.91. The van der Waals surface area contributed by atoms with E-state index in [4.69, 9.17) is 10.5 Å². The quantitative estimate of drug-likeness (QED) is 0.597.